The van der Waals surface area contributed by atoms with Crippen LogP contribution in [0, 0.1) is 17.0 Å². The number of carbonyl (C=O) groups excluding carboxylic acids is 1. The third kappa shape index (κ3) is 3.42. The van der Waals surface area contributed by atoms with E-state index in [1.807, 2.05) is 37.3 Å². The predicted octanol–water partition coefficient (Wildman–Crippen LogP) is 3.03. The third-order valence-electron chi connectivity index (χ3n) is 4.40. The van der Waals surface area contributed by atoms with Crippen LogP contribution in [0.2, 0.25) is 0 Å². The molecule has 27 heavy (non-hydrogen) atoms. The highest BCUT2D eigenvalue weighted by atomic mass is 16.6. The van der Waals surface area contributed by atoms with Crippen LogP contribution in [0.15, 0.2) is 54.6 Å². The number of hydrogen-bond donors (Lipinski definition) is 2. The number of para-hydroxylation sites is 1. The molecule has 1 fully saturated rings. The molecule has 2 heterocycles. The number of non-ortho nitro benzene ring substituents is 1. The maximum absolute atomic E-state index is 12.3. The summed E-state index contributed by atoms with van der Waals surface area (Å²) in [6.45, 7) is 1.97. The van der Waals surface area contributed by atoms with E-state index in [1.54, 1.807) is 12.1 Å². The standard InChI is InChI=1S/C19H16N4O4/c1-11-9-16(20-15-8-3-2-7-14(11)15)21-22-19(24)18-17(27-18)12-5-4-6-13(10-12)23(25)26/h2-10,17-18H,1H3,(H,20,21)(H,22,24)/t17-,18+/m0/s1. The first-order chi connectivity index (χ1) is 13.0. The maximum Gasteiger partial charge on any atom is 0.270 e. The van der Waals surface area contributed by atoms with E-state index in [2.05, 4.69) is 15.8 Å². The number of nitrogens with zero attached hydrogens (tertiary/aromatic N) is 2. The Morgan fingerprint density at radius 3 is 2.81 bits per heavy atom. The van der Waals surface area contributed by atoms with Crippen LogP contribution in [0.3, 0.4) is 0 Å². The number of carbonyl (C=O) groups is 1. The molecule has 0 aliphatic carbocycles. The van der Waals surface area contributed by atoms with Crippen LogP contribution in [0.4, 0.5) is 11.5 Å². The van der Waals surface area contributed by atoms with E-state index in [4.69, 9.17) is 4.74 Å². The highest BCUT2D eigenvalue weighted by molar-refractivity contribution is 5.86. The number of amides is 1. The first-order valence-corrected chi connectivity index (χ1v) is 8.35. The fourth-order valence-corrected chi connectivity index (χ4v) is 2.99. The molecule has 0 saturated carbocycles. The van der Waals surface area contributed by atoms with E-state index >= 15 is 0 Å². The molecule has 0 radical (unpaired) electrons. The minimum Gasteiger partial charge on any atom is -0.354 e. The summed E-state index contributed by atoms with van der Waals surface area (Å²) >= 11 is 0. The van der Waals surface area contributed by atoms with Crippen LogP contribution >= 0.6 is 0 Å². The van der Waals surface area contributed by atoms with Crippen molar-refractivity contribution in [2.45, 2.75) is 19.1 Å². The summed E-state index contributed by atoms with van der Waals surface area (Å²) in [5, 5.41) is 11.9. The SMILES string of the molecule is Cc1cc(NNC(=O)[C@@H]2O[C@H]2c2cccc([N+](=O)[O-])c2)nc2ccccc12. The second-order valence-electron chi connectivity index (χ2n) is 6.29. The second-order valence-corrected chi connectivity index (χ2v) is 6.29. The van der Waals surface area contributed by atoms with Crippen molar-refractivity contribution in [3.05, 3.63) is 75.8 Å². The van der Waals surface area contributed by atoms with Crippen molar-refractivity contribution in [3.8, 4) is 0 Å². The number of ether oxygens (including phenoxy) is 1. The summed E-state index contributed by atoms with van der Waals surface area (Å²) in [4.78, 5) is 27.1. The maximum atomic E-state index is 12.3. The summed E-state index contributed by atoms with van der Waals surface area (Å²) in [6, 6.07) is 15.7. The van der Waals surface area contributed by atoms with E-state index in [0.717, 1.165) is 16.5 Å². The molecule has 1 aromatic heterocycles. The first kappa shape index (κ1) is 16.9. The molecule has 2 N–H and O–H groups in total. The van der Waals surface area contributed by atoms with Gasteiger partial charge in [-0.05, 0) is 30.2 Å². The Bertz CT molecular complexity index is 1050. The van der Waals surface area contributed by atoms with Crippen molar-refractivity contribution >= 4 is 28.3 Å². The van der Waals surface area contributed by atoms with E-state index in [0.29, 0.717) is 11.4 Å². The Labute approximate surface area is 154 Å². The van der Waals surface area contributed by atoms with Crippen molar-refractivity contribution in [3.63, 3.8) is 0 Å². The molecule has 0 unspecified atom stereocenters. The largest absolute Gasteiger partial charge is 0.354 e. The van der Waals surface area contributed by atoms with Gasteiger partial charge in [0.1, 0.15) is 11.9 Å². The summed E-state index contributed by atoms with van der Waals surface area (Å²) in [7, 11) is 0. The number of pyridine rings is 1. The number of rotatable bonds is 5. The molecular weight excluding hydrogens is 348 g/mol. The van der Waals surface area contributed by atoms with Crippen molar-refractivity contribution in [1.82, 2.24) is 10.4 Å². The number of hydrazine groups is 1. The van der Waals surface area contributed by atoms with Crippen LogP contribution in [-0.4, -0.2) is 21.9 Å². The number of aromatic nitrogens is 1. The second kappa shape index (κ2) is 6.65. The van der Waals surface area contributed by atoms with Gasteiger partial charge in [0, 0.05) is 17.5 Å². The Hall–Kier alpha value is -3.52. The highest BCUT2D eigenvalue weighted by Crippen LogP contribution is 2.39. The van der Waals surface area contributed by atoms with Crippen molar-refractivity contribution < 1.29 is 14.5 Å². The van der Waals surface area contributed by atoms with Crippen molar-refractivity contribution in [1.29, 1.82) is 0 Å². The molecule has 2 aromatic carbocycles. The molecule has 1 aliphatic heterocycles. The Morgan fingerprint density at radius 2 is 2.00 bits per heavy atom. The van der Waals surface area contributed by atoms with Crippen molar-refractivity contribution in [2.75, 3.05) is 5.43 Å². The fourth-order valence-electron chi connectivity index (χ4n) is 2.99. The number of nitro benzene ring substituents is 1. The molecule has 3 aromatic rings. The molecule has 8 heteroatoms. The summed E-state index contributed by atoms with van der Waals surface area (Å²) < 4.78 is 5.39. The lowest BCUT2D eigenvalue weighted by molar-refractivity contribution is -0.384. The number of nitro groups is 1. The zero-order chi connectivity index (χ0) is 19.0. The number of benzene rings is 2. The van der Waals surface area contributed by atoms with Gasteiger partial charge in [-0.3, -0.25) is 25.8 Å². The van der Waals surface area contributed by atoms with Gasteiger partial charge in [-0.15, -0.1) is 0 Å². The minimum atomic E-state index is -0.693. The van der Waals surface area contributed by atoms with Gasteiger partial charge in [0.05, 0.1) is 10.4 Å². The number of nitrogens with one attached hydrogen (secondary N) is 2. The molecule has 8 nitrogen and oxygen atoms in total. The van der Waals surface area contributed by atoms with E-state index in [-0.39, 0.29) is 11.6 Å². The predicted molar refractivity (Wildman–Crippen MR) is 99.0 cm³/mol. The minimum absolute atomic E-state index is 0.0314. The van der Waals surface area contributed by atoms with Gasteiger partial charge in [0.15, 0.2) is 6.10 Å². The average Bonchev–Trinajstić information content (AvgIpc) is 3.47. The fraction of sp³-hybridized carbons (Fsp3) is 0.158. The van der Waals surface area contributed by atoms with Crippen LogP contribution in [0.25, 0.3) is 10.9 Å². The van der Waals surface area contributed by atoms with Gasteiger partial charge in [-0.1, -0.05) is 30.3 Å². The lowest BCUT2D eigenvalue weighted by Gasteiger charge is -2.09. The zero-order valence-electron chi connectivity index (χ0n) is 14.4. The molecule has 1 aliphatic rings. The number of epoxide rings is 1. The lowest BCUT2D eigenvalue weighted by atomic mass is 10.1. The van der Waals surface area contributed by atoms with Gasteiger partial charge in [0.25, 0.3) is 11.6 Å². The molecule has 2 atom stereocenters. The van der Waals surface area contributed by atoms with Crippen LogP contribution < -0.4 is 10.9 Å². The summed E-state index contributed by atoms with van der Waals surface area (Å²) in [6.07, 6.45) is -1.18. The van der Waals surface area contributed by atoms with E-state index in [9.17, 15) is 14.9 Å². The Morgan fingerprint density at radius 1 is 1.19 bits per heavy atom. The first-order valence-electron chi connectivity index (χ1n) is 8.35. The van der Waals surface area contributed by atoms with Gasteiger partial charge in [-0.25, -0.2) is 4.98 Å². The third-order valence-corrected chi connectivity index (χ3v) is 4.40. The number of aryl methyl sites for hydroxylation is 1. The van der Waals surface area contributed by atoms with Crippen molar-refractivity contribution in [2.24, 2.45) is 0 Å². The molecule has 136 valence electrons. The van der Waals surface area contributed by atoms with Gasteiger partial charge < -0.3 is 4.74 Å². The summed E-state index contributed by atoms with van der Waals surface area (Å²) in [5.74, 6) is 0.159. The number of fused-ring (bicyclic) bond motifs is 1. The summed E-state index contributed by atoms with van der Waals surface area (Å²) in [5.41, 5.74) is 7.81. The molecule has 1 saturated heterocycles. The van der Waals surface area contributed by atoms with Crippen LogP contribution in [-0.2, 0) is 9.53 Å². The smallest absolute Gasteiger partial charge is 0.270 e. The van der Waals surface area contributed by atoms with E-state index < -0.39 is 17.1 Å². The molecule has 0 bridgehead atoms. The monoisotopic (exact) mass is 364 g/mol. The average molecular weight is 364 g/mol. The Balaban J connectivity index is 1.41. The van der Waals surface area contributed by atoms with E-state index in [1.165, 1.54) is 12.1 Å². The quantitative estimate of drug-likeness (QED) is 0.409. The van der Waals surface area contributed by atoms with Crippen LogP contribution in [0.1, 0.15) is 17.2 Å². The number of anilines is 1. The molecular formula is C19H16N4O4. The lowest BCUT2D eigenvalue weighted by Crippen LogP contribution is -2.33. The number of hydrogen-bond acceptors (Lipinski definition) is 6. The zero-order valence-corrected chi connectivity index (χ0v) is 14.4. The Kier molecular flexibility index (Phi) is 4.17. The highest BCUT2D eigenvalue weighted by Gasteiger charge is 2.46. The van der Waals surface area contributed by atoms with Gasteiger partial charge in [-0.2, -0.15) is 0 Å². The molecule has 4 rings (SSSR count). The van der Waals surface area contributed by atoms with Gasteiger partial charge >= 0.3 is 0 Å². The normalized spacial score (nSPS) is 18.1. The molecule has 0 spiro atoms. The molecule has 1 amide bonds. The van der Waals surface area contributed by atoms with Crippen LogP contribution in [0.5, 0.6) is 0 Å². The van der Waals surface area contributed by atoms with Gasteiger partial charge in [0.2, 0.25) is 0 Å². The topological polar surface area (TPSA) is 110 Å².